The summed E-state index contributed by atoms with van der Waals surface area (Å²) in [7, 11) is 1.51. The topological polar surface area (TPSA) is 47.3 Å². The van der Waals surface area contributed by atoms with Gasteiger partial charge < -0.3 is 4.74 Å². The molecule has 0 fully saturated rings. The van der Waals surface area contributed by atoms with Crippen molar-refractivity contribution in [3.63, 3.8) is 0 Å². The Hall–Kier alpha value is -0.700. The van der Waals surface area contributed by atoms with E-state index in [1.165, 1.54) is 13.2 Å². The number of hydrogen-bond donors (Lipinski definition) is 2. The Balaban J connectivity index is 2.39. The maximum atomic E-state index is 14.0. The first-order chi connectivity index (χ1) is 8.65. The summed E-state index contributed by atoms with van der Waals surface area (Å²) in [5.74, 6) is 5.70. The Morgan fingerprint density at radius 2 is 2.22 bits per heavy atom. The zero-order chi connectivity index (χ0) is 13.1. The largest absolute Gasteiger partial charge is 0.497 e. The number of hydrazine groups is 1. The van der Waals surface area contributed by atoms with E-state index in [4.69, 9.17) is 10.6 Å². The van der Waals surface area contributed by atoms with Gasteiger partial charge in [-0.05, 0) is 45.7 Å². The Morgan fingerprint density at radius 1 is 1.44 bits per heavy atom. The van der Waals surface area contributed by atoms with Gasteiger partial charge in [-0.2, -0.15) is 0 Å². The quantitative estimate of drug-likeness (QED) is 0.489. The number of methoxy groups -OCH3 is 1. The SMILES string of the molecule is COc1ccc(C(NN)c2csc(I)c2)c(F)c1. The van der Waals surface area contributed by atoms with Gasteiger partial charge in [-0.25, -0.2) is 9.82 Å². The first kappa shape index (κ1) is 13.7. The standard InChI is InChI=1S/C12H12FIN2OS/c1-17-8-2-3-9(10(13)5-8)12(16-15)7-4-11(14)18-6-7/h2-6,12,16H,15H2,1H3. The molecule has 3 nitrogen and oxygen atoms in total. The summed E-state index contributed by atoms with van der Waals surface area (Å²) in [6, 6.07) is 6.40. The van der Waals surface area contributed by atoms with Crippen molar-refractivity contribution in [1.82, 2.24) is 5.43 Å². The molecule has 1 heterocycles. The smallest absolute Gasteiger partial charge is 0.132 e. The predicted octanol–water partition coefficient (Wildman–Crippen LogP) is 3.05. The van der Waals surface area contributed by atoms with Crippen LogP contribution in [0, 0.1) is 8.70 Å². The molecule has 1 aromatic carbocycles. The molecule has 3 N–H and O–H groups in total. The summed E-state index contributed by atoms with van der Waals surface area (Å²) in [4.78, 5) is 0. The molecule has 0 saturated carbocycles. The van der Waals surface area contributed by atoms with Gasteiger partial charge in [0.05, 0.1) is 16.0 Å². The Bertz CT molecular complexity index is 547. The fourth-order valence-electron chi connectivity index (χ4n) is 1.71. The van der Waals surface area contributed by atoms with Crippen molar-refractivity contribution >= 4 is 33.9 Å². The van der Waals surface area contributed by atoms with Crippen LogP contribution >= 0.6 is 33.9 Å². The lowest BCUT2D eigenvalue weighted by atomic mass is 10.0. The van der Waals surface area contributed by atoms with Gasteiger partial charge in [0.1, 0.15) is 11.6 Å². The molecule has 18 heavy (non-hydrogen) atoms. The van der Waals surface area contributed by atoms with Crippen LogP contribution in [0.15, 0.2) is 29.6 Å². The van der Waals surface area contributed by atoms with Crippen molar-refractivity contribution in [3.05, 3.63) is 49.5 Å². The number of thiophene rings is 1. The van der Waals surface area contributed by atoms with Gasteiger partial charge in [-0.15, -0.1) is 11.3 Å². The Kier molecular flexibility index (Phi) is 4.55. The molecule has 1 atom stereocenters. The molecule has 0 amide bonds. The fourth-order valence-corrected chi connectivity index (χ4v) is 3.11. The van der Waals surface area contributed by atoms with Gasteiger partial charge in [0, 0.05) is 11.6 Å². The highest BCUT2D eigenvalue weighted by Crippen LogP contribution is 2.29. The van der Waals surface area contributed by atoms with Gasteiger partial charge in [0.15, 0.2) is 0 Å². The minimum absolute atomic E-state index is 0.335. The van der Waals surface area contributed by atoms with Crippen LogP contribution in [0.25, 0.3) is 0 Å². The number of halogens is 2. The van der Waals surface area contributed by atoms with E-state index in [1.807, 2.05) is 11.4 Å². The van der Waals surface area contributed by atoms with Gasteiger partial charge >= 0.3 is 0 Å². The molecule has 1 unspecified atom stereocenters. The van der Waals surface area contributed by atoms with Crippen LogP contribution in [0.3, 0.4) is 0 Å². The number of benzene rings is 1. The lowest BCUT2D eigenvalue weighted by molar-refractivity contribution is 0.410. The summed E-state index contributed by atoms with van der Waals surface area (Å²) >= 11 is 3.83. The molecule has 96 valence electrons. The molecule has 0 radical (unpaired) electrons. The van der Waals surface area contributed by atoms with Crippen molar-refractivity contribution in [1.29, 1.82) is 0 Å². The third-order valence-corrected chi connectivity index (χ3v) is 4.41. The van der Waals surface area contributed by atoms with Crippen molar-refractivity contribution in [2.24, 2.45) is 5.84 Å². The number of hydrogen-bond acceptors (Lipinski definition) is 4. The van der Waals surface area contributed by atoms with E-state index in [9.17, 15) is 4.39 Å². The maximum absolute atomic E-state index is 14.0. The van der Waals surface area contributed by atoms with Gasteiger partial charge in [0.25, 0.3) is 0 Å². The number of ether oxygens (including phenoxy) is 1. The van der Waals surface area contributed by atoms with Crippen molar-refractivity contribution < 1.29 is 9.13 Å². The Labute approximate surface area is 122 Å². The minimum atomic E-state index is -0.351. The van der Waals surface area contributed by atoms with E-state index in [-0.39, 0.29) is 11.9 Å². The highest BCUT2D eigenvalue weighted by molar-refractivity contribution is 14.1. The van der Waals surface area contributed by atoms with Crippen molar-refractivity contribution in [2.75, 3.05) is 7.11 Å². The number of nitrogens with one attached hydrogen (secondary N) is 1. The van der Waals surface area contributed by atoms with E-state index in [0.717, 1.165) is 8.45 Å². The lowest BCUT2D eigenvalue weighted by Crippen LogP contribution is -2.29. The van der Waals surface area contributed by atoms with Crippen molar-refractivity contribution in [2.45, 2.75) is 6.04 Å². The first-order valence-electron chi connectivity index (χ1n) is 5.19. The van der Waals surface area contributed by atoms with Crippen LogP contribution in [-0.2, 0) is 0 Å². The molecule has 0 bridgehead atoms. The summed E-state index contributed by atoms with van der Waals surface area (Å²) in [6.07, 6.45) is 0. The van der Waals surface area contributed by atoms with E-state index in [1.54, 1.807) is 23.5 Å². The second kappa shape index (κ2) is 5.96. The molecule has 0 aliphatic rings. The van der Waals surface area contributed by atoms with Crippen LogP contribution < -0.4 is 16.0 Å². The van der Waals surface area contributed by atoms with E-state index in [2.05, 4.69) is 28.0 Å². The molecule has 0 saturated heterocycles. The van der Waals surface area contributed by atoms with Gasteiger partial charge in [-0.1, -0.05) is 6.07 Å². The third kappa shape index (κ3) is 2.82. The maximum Gasteiger partial charge on any atom is 0.132 e. The summed E-state index contributed by atoms with van der Waals surface area (Å²) in [5, 5.41) is 1.97. The molecule has 0 aliphatic carbocycles. The molecule has 0 aliphatic heterocycles. The van der Waals surface area contributed by atoms with Gasteiger partial charge in [0.2, 0.25) is 0 Å². The summed E-state index contributed by atoms with van der Waals surface area (Å²) in [5.41, 5.74) is 4.11. The average Bonchev–Trinajstić information content (AvgIpc) is 2.78. The van der Waals surface area contributed by atoms with Gasteiger partial charge in [-0.3, -0.25) is 5.84 Å². The minimum Gasteiger partial charge on any atom is -0.497 e. The van der Waals surface area contributed by atoms with Crippen molar-refractivity contribution in [3.8, 4) is 5.75 Å². The molecule has 2 aromatic rings. The second-order valence-electron chi connectivity index (χ2n) is 3.67. The monoisotopic (exact) mass is 378 g/mol. The molecule has 1 aromatic heterocycles. The highest BCUT2D eigenvalue weighted by Gasteiger charge is 2.18. The van der Waals surface area contributed by atoms with E-state index >= 15 is 0 Å². The lowest BCUT2D eigenvalue weighted by Gasteiger charge is -2.16. The molecule has 2 rings (SSSR count). The zero-order valence-corrected chi connectivity index (χ0v) is 12.6. The van der Waals surface area contributed by atoms with Crippen LogP contribution in [0.2, 0.25) is 0 Å². The third-order valence-electron chi connectivity index (χ3n) is 2.61. The molecular formula is C12H12FIN2OS. The summed E-state index contributed by atoms with van der Waals surface area (Å²) < 4.78 is 20.1. The van der Waals surface area contributed by atoms with Crippen LogP contribution in [0.4, 0.5) is 4.39 Å². The van der Waals surface area contributed by atoms with E-state index < -0.39 is 0 Å². The van der Waals surface area contributed by atoms with Crippen LogP contribution in [-0.4, -0.2) is 7.11 Å². The Morgan fingerprint density at radius 3 is 2.72 bits per heavy atom. The second-order valence-corrected chi connectivity index (χ2v) is 6.48. The average molecular weight is 378 g/mol. The first-order valence-corrected chi connectivity index (χ1v) is 7.15. The predicted molar refractivity (Wildman–Crippen MR) is 79.2 cm³/mol. The fraction of sp³-hybridized carbons (Fsp3) is 0.167. The number of rotatable bonds is 4. The molecular weight excluding hydrogens is 366 g/mol. The molecule has 0 spiro atoms. The normalized spacial score (nSPS) is 12.4. The van der Waals surface area contributed by atoms with E-state index in [0.29, 0.717) is 11.3 Å². The highest BCUT2D eigenvalue weighted by atomic mass is 127. The number of nitrogens with two attached hydrogens (primary N) is 1. The summed E-state index contributed by atoms with van der Waals surface area (Å²) in [6.45, 7) is 0. The van der Waals surface area contributed by atoms with Crippen LogP contribution in [0.5, 0.6) is 5.75 Å². The molecule has 6 heteroatoms. The zero-order valence-electron chi connectivity index (χ0n) is 9.61. The van der Waals surface area contributed by atoms with Crippen LogP contribution in [0.1, 0.15) is 17.2 Å².